The molecule has 0 aromatic carbocycles. The standard InChI is InChI=1S/C10H15N/c1-2-5-9(4-1)10-6-3-7-11-8-10/h3,6-7,9,11H,1-2,4-5,8H2. The number of hydrogen-bond acceptors (Lipinski definition) is 1. The summed E-state index contributed by atoms with van der Waals surface area (Å²) >= 11 is 0. The molecule has 0 spiro atoms. The first-order valence-corrected chi connectivity index (χ1v) is 4.56. The Morgan fingerprint density at radius 1 is 1.27 bits per heavy atom. The third-order valence-electron chi connectivity index (χ3n) is 2.71. The highest BCUT2D eigenvalue weighted by Crippen LogP contribution is 2.31. The molecule has 0 atom stereocenters. The third kappa shape index (κ3) is 1.47. The Morgan fingerprint density at radius 2 is 2.09 bits per heavy atom. The predicted molar refractivity (Wildman–Crippen MR) is 47.2 cm³/mol. The van der Waals surface area contributed by atoms with Gasteiger partial charge in [0.25, 0.3) is 0 Å². The summed E-state index contributed by atoms with van der Waals surface area (Å²) in [4.78, 5) is 0. The number of nitrogens with one attached hydrogen (secondary N) is 1. The molecule has 1 saturated carbocycles. The van der Waals surface area contributed by atoms with Crippen molar-refractivity contribution < 1.29 is 0 Å². The Balaban J connectivity index is 2.02. The van der Waals surface area contributed by atoms with Crippen LogP contribution in [0.1, 0.15) is 25.7 Å². The summed E-state index contributed by atoms with van der Waals surface area (Å²) in [6, 6.07) is 0. The van der Waals surface area contributed by atoms with E-state index < -0.39 is 0 Å². The molecule has 0 saturated heterocycles. The van der Waals surface area contributed by atoms with E-state index in [0.29, 0.717) is 0 Å². The first-order valence-electron chi connectivity index (χ1n) is 4.56. The predicted octanol–water partition coefficient (Wildman–Crippen LogP) is 2.22. The molecule has 11 heavy (non-hydrogen) atoms. The second-order valence-corrected chi connectivity index (χ2v) is 3.46. The molecule has 60 valence electrons. The normalized spacial score (nSPS) is 24.9. The van der Waals surface area contributed by atoms with Crippen LogP contribution in [-0.4, -0.2) is 6.54 Å². The van der Waals surface area contributed by atoms with Gasteiger partial charge in [0, 0.05) is 6.54 Å². The molecule has 1 fully saturated rings. The largest absolute Gasteiger partial charge is 0.387 e. The van der Waals surface area contributed by atoms with Crippen LogP contribution in [-0.2, 0) is 0 Å². The van der Waals surface area contributed by atoms with Crippen molar-refractivity contribution >= 4 is 0 Å². The van der Waals surface area contributed by atoms with Crippen LogP contribution in [0.5, 0.6) is 0 Å². The summed E-state index contributed by atoms with van der Waals surface area (Å²) in [6.45, 7) is 1.08. The van der Waals surface area contributed by atoms with Gasteiger partial charge in [-0.25, -0.2) is 0 Å². The zero-order valence-electron chi connectivity index (χ0n) is 6.84. The molecule has 1 aliphatic heterocycles. The van der Waals surface area contributed by atoms with Gasteiger partial charge in [-0.05, 0) is 36.6 Å². The maximum Gasteiger partial charge on any atom is 0.0360 e. The molecule has 0 amide bonds. The minimum absolute atomic E-state index is 0.896. The number of dihydropyridines is 1. The van der Waals surface area contributed by atoms with Gasteiger partial charge >= 0.3 is 0 Å². The Bertz CT molecular complexity index is 185. The van der Waals surface area contributed by atoms with Gasteiger partial charge in [0.1, 0.15) is 0 Å². The van der Waals surface area contributed by atoms with Crippen LogP contribution in [0.3, 0.4) is 0 Å². The van der Waals surface area contributed by atoms with Gasteiger partial charge in [-0.15, -0.1) is 0 Å². The summed E-state index contributed by atoms with van der Waals surface area (Å²) in [7, 11) is 0. The average molecular weight is 149 g/mol. The molecule has 0 radical (unpaired) electrons. The van der Waals surface area contributed by atoms with E-state index in [4.69, 9.17) is 0 Å². The zero-order valence-corrected chi connectivity index (χ0v) is 6.84. The molecule has 1 nitrogen and oxygen atoms in total. The maximum absolute atomic E-state index is 3.26. The van der Waals surface area contributed by atoms with Crippen molar-refractivity contribution in [3.63, 3.8) is 0 Å². The van der Waals surface area contributed by atoms with E-state index >= 15 is 0 Å². The average Bonchev–Trinajstić information content (AvgIpc) is 2.58. The molecular formula is C10H15N. The number of rotatable bonds is 1. The Hall–Kier alpha value is -0.720. The quantitative estimate of drug-likeness (QED) is 0.602. The summed E-state index contributed by atoms with van der Waals surface area (Å²) in [5.74, 6) is 0.896. The van der Waals surface area contributed by atoms with E-state index in [-0.39, 0.29) is 0 Å². The van der Waals surface area contributed by atoms with E-state index in [1.54, 1.807) is 5.57 Å². The monoisotopic (exact) mass is 149 g/mol. The molecule has 2 rings (SSSR count). The zero-order chi connectivity index (χ0) is 7.52. The number of hydrogen-bond donors (Lipinski definition) is 1. The first-order chi connectivity index (χ1) is 5.47. The first kappa shape index (κ1) is 6.96. The fourth-order valence-electron chi connectivity index (χ4n) is 2.05. The minimum Gasteiger partial charge on any atom is -0.387 e. The third-order valence-corrected chi connectivity index (χ3v) is 2.71. The van der Waals surface area contributed by atoms with Gasteiger partial charge in [0.15, 0.2) is 0 Å². The lowest BCUT2D eigenvalue weighted by Crippen LogP contribution is -2.17. The van der Waals surface area contributed by atoms with Crippen LogP contribution in [0.4, 0.5) is 0 Å². The summed E-state index contributed by atoms with van der Waals surface area (Å²) < 4.78 is 0. The second-order valence-electron chi connectivity index (χ2n) is 3.46. The molecule has 1 heterocycles. The van der Waals surface area contributed by atoms with E-state index in [1.807, 2.05) is 6.20 Å². The highest BCUT2D eigenvalue weighted by atomic mass is 14.8. The fraction of sp³-hybridized carbons (Fsp3) is 0.600. The van der Waals surface area contributed by atoms with Crippen molar-refractivity contribution in [2.75, 3.05) is 6.54 Å². The molecule has 0 unspecified atom stereocenters. The lowest BCUT2D eigenvalue weighted by molar-refractivity contribution is 0.613. The van der Waals surface area contributed by atoms with Gasteiger partial charge in [-0.2, -0.15) is 0 Å². The molecule has 0 aromatic heterocycles. The molecule has 0 bridgehead atoms. The van der Waals surface area contributed by atoms with Gasteiger partial charge in [-0.3, -0.25) is 0 Å². The second kappa shape index (κ2) is 3.12. The highest BCUT2D eigenvalue weighted by Gasteiger charge is 2.18. The van der Waals surface area contributed by atoms with E-state index in [0.717, 1.165) is 12.5 Å². The molecule has 2 aliphatic rings. The van der Waals surface area contributed by atoms with Crippen LogP contribution in [0.2, 0.25) is 0 Å². The van der Waals surface area contributed by atoms with Crippen LogP contribution in [0, 0.1) is 5.92 Å². The molecule has 1 aliphatic carbocycles. The van der Waals surface area contributed by atoms with Crippen molar-refractivity contribution in [3.8, 4) is 0 Å². The Labute approximate surface area is 68.2 Å². The van der Waals surface area contributed by atoms with Gasteiger partial charge in [0.2, 0.25) is 0 Å². The van der Waals surface area contributed by atoms with Crippen LogP contribution in [0.15, 0.2) is 23.9 Å². The van der Waals surface area contributed by atoms with Gasteiger partial charge < -0.3 is 5.32 Å². The number of allylic oxidation sites excluding steroid dienone is 2. The lowest BCUT2D eigenvalue weighted by atomic mass is 9.96. The van der Waals surface area contributed by atoms with E-state index in [2.05, 4.69) is 17.5 Å². The summed E-state index contributed by atoms with van der Waals surface area (Å²) in [5.41, 5.74) is 1.62. The topological polar surface area (TPSA) is 12.0 Å². The SMILES string of the molecule is C1=CNCC(C2CCCC2)=C1. The van der Waals surface area contributed by atoms with Crippen molar-refractivity contribution in [3.05, 3.63) is 23.9 Å². The fourth-order valence-corrected chi connectivity index (χ4v) is 2.05. The minimum atomic E-state index is 0.896. The Kier molecular flexibility index (Phi) is 1.97. The molecule has 0 aromatic rings. The van der Waals surface area contributed by atoms with Crippen molar-refractivity contribution in [1.29, 1.82) is 0 Å². The molecule has 1 N–H and O–H groups in total. The van der Waals surface area contributed by atoms with Crippen molar-refractivity contribution in [2.24, 2.45) is 5.92 Å². The maximum atomic E-state index is 3.26. The van der Waals surface area contributed by atoms with Gasteiger partial charge in [-0.1, -0.05) is 18.9 Å². The van der Waals surface area contributed by atoms with E-state index in [9.17, 15) is 0 Å². The Morgan fingerprint density at radius 3 is 2.73 bits per heavy atom. The van der Waals surface area contributed by atoms with Crippen LogP contribution < -0.4 is 5.32 Å². The highest BCUT2D eigenvalue weighted by molar-refractivity contribution is 5.21. The molecule has 1 heteroatoms. The molecular weight excluding hydrogens is 134 g/mol. The van der Waals surface area contributed by atoms with E-state index in [1.165, 1.54) is 25.7 Å². The lowest BCUT2D eigenvalue weighted by Gasteiger charge is -2.16. The van der Waals surface area contributed by atoms with Gasteiger partial charge in [0.05, 0.1) is 0 Å². The van der Waals surface area contributed by atoms with Crippen molar-refractivity contribution in [1.82, 2.24) is 5.32 Å². The summed E-state index contributed by atoms with van der Waals surface area (Å²) in [6.07, 6.45) is 12.1. The van der Waals surface area contributed by atoms with Crippen LogP contribution >= 0.6 is 0 Å². The van der Waals surface area contributed by atoms with Crippen molar-refractivity contribution in [2.45, 2.75) is 25.7 Å². The smallest absolute Gasteiger partial charge is 0.0360 e. The summed E-state index contributed by atoms with van der Waals surface area (Å²) in [5, 5.41) is 3.26. The van der Waals surface area contributed by atoms with Crippen LogP contribution in [0.25, 0.3) is 0 Å².